The van der Waals surface area contributed by atoms with Crippen molar-refractivity contribution in [2.75, 3.05) is 7.05 Å². The Bertz CT molecular complexity index is 763. The van der Waals surface area contributed by atoms with Gasteiger partial charge in [0, 0.05) is 25.2 Å². The van der Waals surface area contributed by atoms with Crippen molar-refractivity contribution in [3.8, 4) is 16.9 Å². The molecule has 3 atom stereocenters. The minimum Gasteiger partial charge on any atom is -0.481 e. The molecule has 0 saturated carbocycles. The maximum atomic E-state index is 12.8. The van der Waals surface area contributed by atoms with Gasteiger partial charge in [-0.3, -0.25) is 4.79 Å². The second-order valence-electron chi connectivity index (χ2n) is 7.86. The number of hydrogen-bond donors (Lipinski definition) is 1. The Balaban J connectivity index is 1.36. The Morgan fingerprint density at radius 2 is 1.59 bits per heavy atom. The van der Waals surface area contributed by atoms with E-state index in [4.69, 9.17) is 4.74 Å². The molecule has 4 rings (SSSR count). The van der Waals surface area contributed by atoms with Crippen molar-refractivity contribution in [3.63, 3.8) is 0 Å². The lowest BCUT2D eigenvalue weighted by atomic mass is 9.98. The van der Waals surface area contributed by atoms with Crippen LogP contribution in [0, 0.1) is 0 Å². The zero-order valence-corrected chi connectivity index (χ0v) is 16.1. The van der Waals surface area contributed by atoms with Crippen LogP contribution in [0.25, 0.3) is 11.1 Å². The highest BCUT2D eigenvalue weighted by atomic mass is 16.5. The van der Waals surface area contributed by atoms with E-state index in [0.717, 1.165) is 24.2 Å². The van der Waals surface area contributed by atoms with Crippen LogP contribution in [0.15, 0.2) is 54.6 Å². The molecule has 1 N–H and O–H groups in total. The standard InChI is InChI=1S/C23H28N2O2/c1-16(23(26)25(2)21-14-19-10-11-20(15-21)24-19)27-22-12-8-18(9-13-22)17-6-4-3-5-7-17/h3-9,12-13,16,19-21,24H,10-11,14-15H2,1-2H3. The SMILES string of the molecule is CC(Oc1ccc(-c2ccccc2)cc1)C(=O)N(C)C1CC2CCC(C1)N2. The van der Waals surface area contributed by atoms with Gasteiger partial charge in [0.25, 0.3) is 5.91 Å². The van der Waals surface area contributed by atoms with E-state index in [9.17, 15) is 4.79 Å². The molecule has 2 heterocycles. The molecule has 142 valence electrons. The molecule has 0 spiro atoms. The summed E-state index contributed by atoms with van der Waals surface area (Å²) in [7, 11) is 1.93. The monoisotopic (exact) mass is 364 g/mol. The molecule has 0 aliphatic carbocycles. The quantitative estimate of drug-likeness (QED) is 0.876. The maximum Gasteiger partial charge on any atom is 0.263 e. The van der Waals surface area contributed by atoms with Crippen LogP contribution in [0.3, 0.4) is 0 Å². The van der Waals surface area contributed by atoms with E-state index >= 15 is 0 Å². The smallest absolute Gasteiger partial charge is 0.263 e. The number of nitrogens with zero attached hydrogens (tertiary/aromatic N) is 1. The van der Waals surface area contributed by atoms with Crippen molar-refractivity contribution in [2.45, 2.75) is 56.8 Å². The molecular formula is C23H28N2O2. The van der Waals surface area contributed by atoms with E-state index in [1.165, 1.54) is 18.4 Å². The first-order valence-electron chi connectivity index (χ1n) is 9.95. The van der Waals surface area contributed by atoms with Crippen LogP contribution in [0.2, 0.25) is 0 Å². The summed E-state index contributed by atoms with van der Waals surface area (Å²) >= 11 is 0. The van der Waals surface area contributed by atoms with Crippen LogP contribution >= 0.6 is 0 Å². The van der Waals surface area contributed by atoms with Crippen molar-refractivity contribution in [2.24, 2.45) is 0 Å². The van der Waals surface area contributed by atoms with Crippen LogP contribution < -0.4 is 10.1 Å². The fraction of sp³-hybridized carbons (Fsp3) is 0.435. The van der Waals surface area contributed by atoms with Gasteiger partial charge in [0.2, 0.25) is 0 Å². The fourth-order valence-corrected chi connectivity index (χ4v) is 4.42. The third kappa shape index (κ3) is 4.01. The van der Waals surface area contributed by atoms with Crippen LogP contribution in [-0.2, 0) is 4.79 Å². The van der Waals surface area contributed by atoms with Crippen molar-refractivity contribution in [1.82, 2.24) is 10.2 Å². The Morgan fingerprint density at radius 3 is 2.22 bits per heavy atom. The summed E-state index contributed by atoms with van der Waals surface area (Å²) in [5.41, 5.74) is 2.32. The number of fused-ring (bicyclic) bond motifs is 2. The summed E-state index contributed by atoms with van der Waals surface area (Å²) in [5.74, 6) is 0.794. The Kier molecular flexibility index (Phi) is 5.17. The highest BCUT2D eigenvalue weighted by Gasteiger charge is 2.37. The molecule has 2 aliphatic rings. The number of benzene rings is 2. The molecule has 2 saturated heterocycles. The number of nitrogens with one attached hydrogen (secondary N) is 1. The van der Waals surface area contributed by atoms with E-state index in [2.05, 4.69) is 17.4 Å². The lowest BCUT2D eigenvalue weighted by molar-refractivity contribution is -0.139. The molecule has 0 aromatic heterocycles. The molecule has 1 amide bonds. The summed E-state index contributed by atoms with van der Waals surface area (Å²) < 4.78 is 5.94. The zero-order chi connectivity index (χ0) is 18.8. The van der Waals surface area contributed by atoms with Crippen LogP contribution in [0.4, 0.5) is 0 Å². The molecule has 3 unspecified atom stereocenters. The first-order chi connectivity index (χ1) is 13.1. The first-order valence-corrected chi connectivity index (χ1v) is 9.95. The van der Waals surface area contributed by atoms with Crippen molar-refractivity contribution in [3.05, 3.63) is 54.6 Å². The molecule has 2 bridgehead atoms. The number of piperidine rings is 1. The lowest BCUT2D eigenvalue weighted by Gasteiger charge is -2.36. The average Bonchev–Trinajstić information content (AvgIpc) is 3.05. The molecule has 2 fully saturated rings. The van der Waals surface area contributed by atoms with Crippen LogP contribution in [-0.4, -0.2) is 42.1 Å². The minimum absolute atomic E-state index is 0.0634. The number of carbonyl (C=O) groups excluding carboxylic acids is 1. The highest BCUT2D eigenvalue weighted by molar-refractivity contribution is 5.81. The normalized spacial score (nSPS) is 25.0. The third-order valence-corrected chi connectivity index (χ3v) is 5.97. The van der Waals surface area contributed by atoms with Gasteiger partial charge >= 0.3 is 0 Å². The van der Waals surface area contributed by atoms with Crippen molar-refractivity contribution < 1.29 is 9.53 Å². The van der Waals surface area contributed by atoms with Gasteiger partial charge in [-0.1, -0.05) is 42.5 Å². The first kappa shape index (κ1) is 18.1. The predicted molar refractivity (Wildman–Crippen MR) is 108 cm³/mol. The summed E-state index contributed by atoms with van der Waals surface area (Å²) in [6, 6.07) is 19.7. The van der Waals surface area contributed by atoms with Gasteiger partial charge in [-0.15, -0.1) is 0 Å². The predicted octanol–water partition coefficient (Wildman–Crippen LogP) is 3.86. The molecule has 2 aromatic rings. The second-order valence-corrected chi connectivity index (χ2v) is 7.86. The maximum absolute atomic E-state index is 12.8. The van der Waals surface area contributed by atoms with Gasteiger partial charge in [-0.2, -0.15) is 0 Å². The number of carbonyl (C=O) groups is 1. The summed E-state index contributed by atoms with van der Waals surface area (Å²) in [6.45, 7) is 1.85. The zero-order valence-electron chi connectivity index (χ0n) is 16.1. The number of amides is 1. The van der Waals surface area contributed by atoms with E-state index in [1.54, 1.807) is 0 Å². The fourth-order valence-electron chi connectivity index (χ4n) is 4.42. The topological polar surface area (TPSA) is 41.6 Å². The average molecular weight is 364 g/mol. The van der Waals surface area contributed by atoms with E-state index in [-0.39, 0.29) is 5.91 Å². The van der Waals surface area contributed by atoms with E-state index in [1.807, 2.05) is 61.3 Å². The van der Waals surface area contributed by atoms with E-state index < -0.39 is 6.10 Å². The number of rotatable bonds is 5. The highest BCUT2D eigenvalue weighted by Crippen LogP contribution is 2.30. The molecule has 2 aliphatic heterocycles. The molecular weight excluding hydrogens is 336 g/mol. The van der Waals surface area contributed by atoms with Gasteiger partial charge in [-0.25, -0.2) is 0 Å². The molecule has 2 aromatic carbocycles. The molecule has 4 nitrogen and oxygen atoms in total. The van der Waals surface area contributed by atoms with E-state index in [0.29, 0.717) is 18.1 Å². The number of ether oxygens (including phenoxy) is 1. The number of likely N-dealkylation sites (N-methyl/N-ethyl adjacent to an activating group) is 1. The van der Waals surface area contributed by atoms with Gasteiger partial charge in [-0.05, 0) is 55.9 Å². The largest absolute Gasteiger partial charge is 0.481 e. The van der Waals surface area contributed by atoms with Crippen molar-refractivity contribution >= 4 is 5.91 Å². The minimum atomic E-state index is -0.481. The van der Waals surface area contributed by atoms with Crippen LogP contribution in [0.1, 0.15) is 32.6 Å². The lowest BCUT2D eigenvalue weighted by Crippen LogP contribution is -2.51. The molecule has 4 heteroatoms. The summed E-state index contributed by atoms with van der Waals surface area (Å²) in [6.07, 6.45) is 4.10. The Hall–Kier alpha value is -2.33. The van der Waals surface area contributed by atoms with Gasteiger partial charge in [0.15, 0.2) is 6.10 Å². The van der Waals surface area contributed by atoms with Crippen LogP contribution in [0.5, 0.6) is 5.75 Å². The summed E-state index contributed by atoms with van der Waals surface area (Å²) in [5, 5.41) is 3.63. The van der Waals surface area contributed by atoms with Crippen molar-refractivity contribution in [1.29, 1.82) is 0 Å². The Morgan fingerprint density at radius 1 is 1.00 bits per heavy atom. The Labute approximate surface area is 161 Å². The van der Waals surface area contributed by atoms with Gasteiger partial charge < -0.3 is 15.0 Å². The van der Waals surface area contributed by atoms with Gasteiger partial charge in [0.1, 0.15) is 5.75 Å². The second kappa shape index (κ2) is 7.73. The summed E-state index contributed by atoms with van der Waals surface area (Å²) in [4.78, 5) is 14.8. The molecule has 0 radical (unpaired) electrons. The molecule has 27 heavy (non-hydrogen) atoms. The van der Waals surface area contributed by atoms with Gasteiger partial charge in [0.05, 0.1) is 0 Å². The number of hydrogen-bond acceptors (Lipinski definition) is 3. The third-order valence-electron chi connectivity index (χ3n) is 5.97.